The van der Waals surface area contributed by atoms with E-state index in [1.165, 1.54) is 0 Å². The Bertz CT molecular complexity index is 248. The predicted octanol–water partition coefficient (Wildman–Crippen LogP) is 2.09. The van der Waals surface area contributed by atoms with Crippen LogP contribution in [0.1, 0.15) is 0 Å². The molecule has 0 atom stereocenters. The largest absolute Gasteiger partial charge is 0.465 e. The van der Waals surface area contributed by atoms with E-state index < -0.39 is 30.7 Å². The Morgan fingerprint density at radius 1 is 1.07 bits per heavy atom. The van der Waals surface area contributed by atoms with E-state index in [9.17, 15) is 35.5 Å². The molecule has 0 aliphatic rings. The van der Waals surface area contributed by atoms with Crippen molar-refractivity contribution in [3.05, 3.63) is 0 Å². The lowest BCUT2D eigenvalue weighted by molar-refractivity contribution is -0.352. The highest BCUT2D eigenvalue weighted by Crippen LogP contribution is 2.45. The lowest BCUT2D eigenvalue weighted by Gasteiger charge is -2.27. The van der Waals surface area contributed by atoms with Crippen LogP contribution in [0.5, 0.6) is 0 Å². The lowest BCUT2D eigenvalue weighted by Crippen LogP contribution is -2.56. The molecule has 0 saturated heterocycles. The van der Waals surface area contributed by atoms with Gasteiger partial charge in [-0.1, -0.05) is 0 Å². The molecule has 0 bridgehead atoms. The quantitative estimate of drug-likeness (QED) is 0.745. The third-order valence-electron chi connectivity index (χ3n) is 1.28. The lowest BCUT2D eigenvalue weighted by atomic mass is 10.1. The van der Waals surface area contributed by atoms with Gasteiger partial charge < -0.3 is 10.4 Å². The molecule has 0 aliphatic heterocycles. The fourth-order valence-electron chi connectivity index (χ4n) is 0.505. The summed E-state index contributed by atoms with van der Waals surface area (Å²) in [6.07, 6.45) is -8.58. The molecule has 0 heterocycles. The average molecular weight is 243 g/mol. The van der Waals surface area contributed by atoms with Crippen LogP contribution in [0.25, 0.3) is 0 Å². The Morgan fingerprint density at radius 2 is 1.47 bits per heavy atom. The number of hydrogen-bond donors (Lipinski definition) is 2. The molecule has 0 aromatic rings. The van der Waals surface area contributed by atoms with Gasteiger partial charge in [0.25, 0.3) is 0 Å². The number of rotatable bonds is 3. The normalized spacial score (nSPS) is 13.8. The summed E-state index contributed by atoms with van der Waals surface area (Å²) in [6, 6.07) is 0. The van der Waals surface area contributed by atoms with Crippen LogP contribution in [-0.2, 0) is 0 Å². The highest BCUT2D eigenvalue weighted by molar-refractivity contribution is 5.64. The minimum atomic E-state index is -6.45. The molecule has 0 rings (SSSR count). The number of carbonyl (C=O) groups is 1. The first kappa shape index (κ1) is 13.8. The van der Waals surface area contributed by atoms with Crippen LogP contribution >= 0.6 is 0 Å². The summed E-state index contributed by atoms with van der Waals surface area (Å²) < 4.78 is 83.0. The second kappa shape index (κ2) is 3.74. The molecule has 0 aliphatic carbocycles. The maximum atomic E-state index is 12.3. The molecule has 0 radical (unpaired) electrons. The first-order chi connectivity index (χ1) is 6.42. The van der Waals surface area contributed by atoms with Gasteiger partial charge in [0.1, 0.15) is 0 Å². The number of hydrogen-bond acceptors (Lipinski definition) is 1. The van der Waals surface area contributed by atoms with E-state index in [0.717, 1.165) is 5.32 Å². The van der Waals surface area contributed by atoms with Gasteiger partial charge in [0.05, 0.1) is 6.54 Å². The molecule has 0 fully saturated rings. The fourth-order valence-corrected chi connectivity index (χ4v) is 0.505. The van der Waals surface area contributed by atoms with Crippen LogP contribution in [-0.4, -0.2) is 35.8 Å². The van der Waals surface area contributed by atoms with Crippen LogP contribution in [0.2, 0.25) is 0 Å². The van der Waals surface area contributed by atoms with Gasteiger partial charge >= 0.3 is 24.1 Å². The Labute approximate surface area is 77.9 Å². The minimum absolute atomic E-state index is 0.751. The summed E-state index contributed by atoms with van der Waals surface area (Å²) in [6.45, 7) is -2.32. The molecule has 2 N–H and O–H groups in total. The maximum absolute atomic E-state index is 12.3. The van der Waals surface area contributed by atoms with Crippen molar-refractivity contribution in [1.29, 1.82) is 0 Å². The zero-order valence-corrected chi connectivity index (χ0v) is 6.71. The summed E-state index contributed by atoms with van der Waals surface area (Å²) in [5.74, 6) is -11.8. The van der Waals surface area contributed by atoms with Gasteiger partial charge in [-0.3, -0.25) is 0 Å². The minimum Gasteiger partial charge on any atom is -0.465 e. The molecule has 0 spiro atoms. The highest BCUT2D eigenvalue weighted by atomic mass is 19.4. The predicted molar refractivity (Wildman–Crippen MR) is 32.0 cm³/mol. The van der Waals surface area contributed by atoms with Gasteiger partial charge in [-0.2, -0.15) is 30.7 Å². The van der Waals surface area contributed by atoms with Crippen molar-refractivity contribution in [1.82, 2.24) is 5.32 Å². The topological polar surface area (TPSA) is 49.3 Å². The molecular weight excluding hydrogens is 239 g/mol. The zero-order chi connectivity index (χ0) is 12.5. The van der Waals surface area contributed by atoms with Gasteiger partial charge in [-0.15, -0.1) is 0 Å². The standard InChI is InChI=1S/C5H4F7NO2/c6-3(7,1-13-2(14)15)4(8,9)5(10,11)12/h13H,1H2,(H,14,15). The Balaban J connectivity index is 4.77. The van der Waals surface area contributed by atoms with E-state index in [2.05, 4.69) is 0 Å². The summed E-state index contributed by atoms with van der Waals surface area (Å²) in [4.78, 5) is 9.65. The van der Waals surface area contributed by atoms with Crippen LogP contribution in [0.15, 0.2) is 0 Å². The van der Waals surface area contributed by atoms with Gasteiger partial charge in [0.2, 0.25) is 0 Å². The van der Waals surface area contributed by atoms with Crippen LogP contribution < -0.4 is 5.32 Å². The van der Waals surface area contributed by atoms with E-state index >= 15 is 0 Å². The molecule has 0 saturated carbocycles. The van der Waals surface area contributed by atoms with E-state index in [1.54, 1.807) is 0 Å². The van der Waals surface area contributed by atoms with Crippen LogP contribution in [0, 0.1) is 0 Å². The van der Waals surface area contributed by atoms with E-state index in [4.69, 9.17) is 5.11 Å². The summed E-state index contributed by atoms with van der Waals surface area (Å²) in [7, 11) is 0. The van der Waals surface area contributed by atoms with Crippen molar-refractivity contribution in [2.45, 2.75) is 18.0 Å². The molecule has 3 nitrogen and oxygen atoms in total. The third kappa shape index (κ3) is 2.86. The second-order valence-electron chi connectivity index (χ2n) is 2.44. The fraction of sp³-hybridized carbons (Fsp3) is 0.800. The zero-order valence-electron chi connectivity index (χ0n) is 6.71. The summed E-state index contributed by atoms with van der Waals surface area (Å²) >= 11 is 0. The second-order valence-corrected chi connectivity index (χ2v) is 2.44. The van der Waals surface area contributed by atoms with E-state index in [1.807, 2.05) is 0 Å². The molecule has 90 valence electrons. The monoisotopic (exact) mass is 243 g/mol. The molecule has 0 aromatic heterocycles. The van der Waals surface area contributed by atoms with Crippen molar-refractivity contribution in [3.63, 3.8) is 0 Å². The molecule has 15 heavy (non-hydrogen) atoms. The van der Waals surface area contributed by atoms with Crippen molar-refractivity contribution < 1.29 is 40.6 Å². The molecule has 0 aromatic carbocycles. The molecule has 10 heteroatoms. The SMILES string of the molecule is O=C(O)NCC(F)(F)C(F)(F)C(F)(F)F. The highest BCUT2D eigenvalue weighted by Gasteiger charge is 2.72. The molecular formula is C5H4F7NO2. The number of alkyl halides is 7. The van der Waals surface area contributed by atoms with Crippen molar-refractivity contribution in [2.75, 3.05) is 6.54 Å². The van der Waals surface area contributed by atoms with Crippen molar-refractivity contribution >= 4 is 6.09 Å². The first-order valence-corrected chi connectivity index (χ1v) is 3.21. The van der Waals surface area contributed by atoms with Gasteiger partial charge in [0, 0.05) is 0 Å². The average Bonchev–Trinajstić information content (AvgIpc) is 1.98. The molecule has 0 unspecified atom stereocenters. The van der Waals surface area contributed by atoms with Crippen molar-refractivity contribution in [2.24, 2.45) is 0 Å². The van der Waals surface area contributed by atoms with E-state index in [0.29, 0.717) is 0 Å². The van der Waals surface area contributed by atoms with Gasteiger partial charge in [-0.25, -0.2) is 4.79 Å². The molecule has 1 amide bonds. The van der Waals surface area contributed by atoms with Crippen LogP contribution in [0.3, 0.4) is 0 Å². The number of amides is 1. The van der Waals surface area contributed by atoms with E-state index in [-0.39, 0.29) is 0 Å². The van der Waals surface area contributed by atoms with Crippen LogP contribution in [0.4, 0.5) is 35.5 Å². The van der Waals surface area contributed by atoms with Crippen molar-refractivity contribution in [3.8, 4) is 0 Å². The smallest absolute Gasteiger partial charge is 0.459 e. The maximum Gasteiger partial charge on any atom is 0.459 e. The number of carboxylic acid groups (broad SMARTS) is 1. The summed E-state index contributed by atoms with van der Waals surface area (Å²) in [5.41, 5.74) is 0. The number of nitrogens with one attached hydrogen (secondary N) is 1. The van der Waals surface area contributed by atoms with Gasteiger partial charge in [0.15, 0.2) is 0 Å². The van der Waals surface area contributed by atoms with Gasteiger partial charge in [-0.05, 0) is 0 Å². The first-order valence-electron chi connectivity index (χ1n) is 3.21. The number of halogens is 7. The Hall–Kier alpha value is -1.22. The Kier molecular flexibility index (Phi) is 3.43. The Morgan fingerprint density at radius 3 is 1.73 bits per heavy atom. The summed E-state index contributed by atoms with van der Waals surface area (Å²) in [5, 5.41) is 8.53. The third-order valence-corrected chi connectivity index (χ3v) is 1.28.